The smallest absolute Gasteiger partial charge is 0.256 e. The fourth-order valence-electron chi connectivity index (χ4n) is 5.94. The van der Waals surface area contributed by atoms with Crippen molar-refractivity contribution in [1.29, 1.82) is 0 Å². The van der Waals surface area contributed by atoms with Gasteiger partial charge in [-0.15, -0.1) is 0 Å². The molecular weight excluding hydrogens is 586 g/mol. The lowest BCUT2D eigenvalue weighted by molar-refractivity contribution is 0.0708. The van der Waals surface area contributed by atoms with Crippen molar-refractivity contribution in [2.45, 2.75) is 18.8 Å². The summed E-state index contributed by atoms with van der Waals surface area (Å²) in [5.41, 5.74) is 4.76. The molecule has 0 unspecified atom stereocenters. The summed E-state index contributed by atoms with van der Waals surface area (Å²) in [7, 11) is 3.26. The standard InChI is InChI=1S/C33H30F2N4O4S/c1-36-32(40)30-25-14-24(28(38(2)44-42)15-29(25)43-31(30)20-7-11-23(35)12-8-20)21-4-3-13-39(18-21)33(41)27-17-37-16-26(27)19-5-9-22(34)10-6-19/h5-12,14-17,21,37,42H,3-4,13,18H2,1-2H3,(H,36,40)/t21-/m1/s1. The number of aromatic nitrogens is 1. The van der Waals surface area contributed by atoms with E-state index in [1.807, 2.05) is 11.0 Å². The predicted molar refractivity (Wildman–Crippen MR) is 168 cm³/mol. The van der Waals surface area contributed by atoms with Crippen LogP contribution in [-0.2, 0) is 0 Å². The second-order valence-electron chi connectivity index (χ2n) is 10.8. The van der Waals surface area contributed by atoms with Gasteiger partial charge in [-0.3, -0.25) is 13.9 Å². The maximum Gasteiger partial charge on any atom is 0.256 e. The van der Waals surface area contributed by atoms with Gasteiger partial charge in [0.05, 0.1) is 16.8 Å². The molecule has 1 fully saturated rings. The van der Waals surface area contributed by atoms with Crippen molar-refractivity contribution in [3.63, 3.8) is 0 Å². The van der Waals surface area contributed by atoms with Gasteiger partial charge in [-0.25, -0.2) is 8.78 Å². The largest absolute Gasteiger partial charge is 0.455 e. The van der Waals surface area contributed by atoms with Crippen molar-refractivity contribution in [2.24, 2.45) is 0 Å². The number of amides is 2. The van der Waals surface area contributed by atoms with Crippen molar-refractivity contribution in [2.75, 3.05) is 31.5 Å². The molecule has 5 aromatic rings. The highest BCUT2D eigenvalue weighted by molar-refractivity contribution is 7.95. The lowest BCUT2D eigenvalue weighted by atomic mass is 9.87. The van der Waals surface area contributed by atoms with E-state index in [0.717, 1.165) is 24.0 Å². The van der Waals surface area contributed by atoms with E-state index in [1.54, 1.807) is 54.1 Å². The highest BCUT2D eigenvalue weighted by Crippen LogP contribution is 2.42. The summed E-state index contributed by atoms with van der Waals surface area (Å²) in [6.45, 7) is 0.975. The van der Waals surface area contributed by atoms with E-state index in [4.69, 9.17) is 4.42 Å². The molecular formula is C33H30F2N4O4S. The number of furan rings is 1. The average molecular weight is 617 g/mol. The molecule has 1 aliphatic rings. The van der Waals surface area contributed by atoms with E-state index in [2.05, 4.69) is 10.3 Å². The third-order valence-electron chi connectivity index (χ3n) is 8.14. The maximum atomic E-state index is 13.8. The molecule has 8 nitrogen and oxygen atoms in total. The number of hydrogen-bond acceptors (Lipinski definition) is 6. The Bertz CT molecular complexity index is 1840. The van der Waals surface area contributed by atoms with Crippen LogP contribution in [0.3, 0.4) is 0 Å². The SMILES string of the molecule is CNC(=O)c1c(-c2ccc(F)cc2)oc2cc(N(C)SO)c([C@@H]3CCCN(C(=O)c4c[nH]cc4-c4ccc(F)cc4)C3)cc12. The van der Waals surface area contributed by atoms with Crippen LogP contribution in [0.15, 0.2) is 77.5 Å². The lowest BCUT2D eigenvalue weighted by Gasteiger charge is -2.34. The first-order valence-electron chi connectivity index (χ1n) is 14.1. The summed E-state index contributed by atoms with van der Waals surface area (Å²) in [5, 5.41) is 3.26. The van der Waals surface area contributed by atoms with Gasteiger partial charge in [0, 0.05) is 68.1 Å². The summed E-state index contributed by atoms with van der Waals surface area (Å²) in [6, 6.07) is 15.4. The van der Waals surface area contributed by atoms with E-state index in [0.29, 0.717) is 70.0 Å². The van der Waals surface area contributed by atoms with Crippen molar-refractivity contribution in [3.8, 4) is 22.5 Å². The fraction of sp³-hybridized carbons (Fsp3) is 0.212. The van der Waals surface area contributed by atoms with Gasteiger partial charge in [0.2, 0.25) is 0 Å². The molecule has 6 rings (SSSR count). The Kier molecular flexibility index (Phi) is 8.15. The molecule has 2 aromatic heterocycles. The Morgan fingerprint density at radius 1 is 1.05 bits per heavy atom. The minimum Gasteiger partial charge on any atom is -0.455 e. The minimum absolute atomic E-state index is 0.114. The van der Waals surface area contributed by atoms with Gasteiger partial charge in [0.25, 0.3) is 11.8 Å². The molecule has 0 radical (unpaired) electrons. The van der Waals surface area contributed by atoms with Crippen molar-refractivity contribution in [1.82, 2.24) is 15.2 Å². The second-order valence-corrected chi connectivity index (χ2v) is 11.5. The number of aromatic amines is 1. The second kappa shape index (κ2) is 12.2. The van der Waals surface area contributed by atoms with Crippen LogP contribution in [-0.4, -0.2) is 53.4 Å². The number of piperidine rings is 1. The normalized spacial score (nSPS) is 15.0. The van der Waals surface area contributed by atoms with Crippen LogP contribution in [0.2, 0.25) is 0 Å². The number of fused-ring (bicyclic) bond motifs is 1. The zero-order valence-electron chi connectivity index (χ0n) is 24.1. The number of carbonyl (C=O) groups is 2. The van der Waals surface area contributed by atoms with E-state index in [-0.39, 0.29) is 23.5 Å². The van der Waals surface area contributed by atoms with E-state index < -0.39 is 5.82 Å². The van der Waals surface area contributed by atoms with Gasteiger partial charge in [0.1, 0.15) is 35.2 Å². The molecule has 1 saturated heterocycles. The van der Waals surface area contributed by atoms with E-state index in [1.165, 1.54) is 31.3 Å². The Morgan fingerprint density at radius 2 is 1.73 bits per heavy atom. The van der Waals surface area contributed by atoms with Crippen molar-refractivity contribution < 1.29 is 27.3 Å². The quantitative estimate of drug-likeness (QED) is 0.131. The molecule has 44 heavy (non-hydrogen) atoms. The number of nitrogens with one attached hydrogen (secondary N) is 2. The summed E-state index contributed by atoms with van der Waals surface area (Å²) in [6.07, 6.45) is 4.92. The number of benzene rings is 3. The Balaban J connectivity index is 1.40. The summed E-state index contributed by atoms with van der Waals surface area (Å²) >= 11 is 0.549. The Hall–Kier alpha value is -4.61. The highest BCUT2D eigenvalue weighted by atomic mass is 32.2. The zero-order chi connectivity index (χ0) is 31.0. The van der Waals surface area contributed by atoms with Crippen LogP contribution in [0.25, 0.3) is 33.4 Å². The monoisotopic (exact) mass is 616 g/mol. The first kappa shape index (κ1) is 29.5. The first-order valence-corrected chi connectivity index (χ1v) is 14.9. The number of anilines is 1. The highest BCUT2D eigenvalue weighted by Gasteiger charge is 2.31. The molecule has 3 heterocycles. The van der Waals surface area contributed by atoms with E-state index >= 15 is 0 Å². The van der Waals surface area contributed by atoms with Gasteiger partial charge in [-0.1, -0.05) is 12.1 Å². The third kappa shape index (κ3) is 5.44. The Labute approximate surface area is 257 Å². The third-order valence-corrected chi connectivity index (χ3v) is 8.58. The molecule has 0 saturated carbocycles. The average Bonchev–Trinajstić information content (AvgIpc) is 3.69. The molecule has 0 aliphatic carbocycles. The maximum absolute atomic E-state index is 13.8. The molecule has 0 spiro atoms. The number of hydrogen-bond donors (Lipinski definition) is 3. The topological polar surface area (TPSA) is 102 Å². The fourth-order valence-corrected chi connectivity index (χ4v) is 6.19. The van der Waals surface area contributed by atoms with Crippen LogP contribution in [0.1, 0.15) is 45.0 Å². The molecule has 226 valence electrons. The summed E-state index contributed by atoms with van der Waals surface area (Å²) < 4.78 is 45.1. The first-order chi connectivity index (χ1) is 21.3. The van der Waals surface area contributed by atoms with Crippen LogP contribution in [0.4, 0.5) is 14.5 Å². The van der Waals surface area contributed by atoms with Crippen molar-refractivity contribution >= 4 is 40.7 Å². The van der Waals surface area contributed by atoms with Crippen LogP contribution < -0.4 is 9.62 Å². The number of likely N-dealkylation sites (tertiary alicyclic amines) is 1. The molecule has 3 aromatic carbocycles. The molecule has 11 heteroatoms. The Morgan fingerprint density at radius 3 is 2.39 bits per heavy atom. The molecule has 0 bridgehead atoms. The summed E-state index contributed by atoms with van der Waals surface area (Å²) in [5.74, 6) is -1.06. The van der Waals surface area contributed by atoms with Crippen LogP contribution >= 0.6 is 12.2 Å². The lowest BCUT2D eigenvalue weighted by Crippen LogP contribution is -2.39. The number of nitrogens with zero attached hydrogens (tertiary/aromatic N) is 2. The number of carbonyl (C=O) groups excluding carboxylic acids is 2. The van der Waals surface area contributed by atoms with E-state index in [9.17, 15) is 22.9 Å². The minimum atomic E-state index is -0.404. The van der Waals surface area contributed by atoms with Crippen molar-refractivity contribution in [3.05, 3.63) is 101 Å². The predicted octanol–water partition coefficient (Wildman–Crippen LogP) is 7.31. The summed E-state index contributed by atoms with van der Waals surface area (Å²) in [4.78, 5) is 31.8. The molecule has 3 N–H and O–H groups in total. The van der Waals surface area contributed by atoms with Crippen LogP contribution in [0, 0.1) is 11.6 Å². The van der Waals surface area contributed by atoms with Crippen LogP contribution in [0.5, 0.6) is 0 Å². The molecule has 1 aliphatic heterocycles. The van der Waals surface area contributed by atoms with Gasteiger partial charge >= 0.3 is 0 Å². The van der Waals surface area contributed by atoms with Gasteiger partial charge < -0.3 is 24.2 Å². The molecule has 1 atom stereocenters. The van der Waals surface area contributed by atoms with Gasteiger partial charge in [-0.2, -0.15) is 0 Å². The van der Waals surface area contributed by atoms with Gasteiger partial charge in [-0.05, 0) is 66.4 Å². The zero-order valence-corrected chi connectivity index (χ0v) is 24.9. The number of rotatable bonds is 7. The number of halogens is 2. The number of H-pyrrole nitrogens is 1. The molecule has 2 amide bonds. The van der Waals surface area contributed by atoms with Gasteiger partial charge in [0.15, 0.2) is 0 Å².